The molecular formula is C27H39ClF3NO5. The molecule has 5 atom stereocenters. The van der Waals surface area contributed by atoms with Crippen molar-refractivity contribution in [3.8, 4) is 0 Å². The predicted molar refractivity (Wildman–Crippen MR) is 136 cm³/mol. The van der Waals surface area contributed by atoms with Crippen molar-refractivity contribution in [3.63, 3.8) is 0 Å². The standard InChI is InChI=1S/C27H39ClF3NO5/c1-4-37-24(35)19(3)9-11-21-7-5-14-26(32(21)25(36)27(29,30)31)15-6-8-23(26)18(2)10-12-22(34)17-20(28)13-16-33/h9-10,12,17-18,21-23,33-34H,4-8,11,13-16H2,1-3H3/b12-10+,19-9+,20-17-/t18-,21+,22?,23+,26+/m0/s1. The minimum atomic E-state index is -5.01. The molecule has 0 radical (unpaired) electrons. The average molecular weight is 550 g/mol. The molecule has 2 aliphatic rings. The number of alkyl halides is 3. The maximum atomic E-state index is 13.9. The number of amides is 1. The highest BCUT2D eigenvalue weighted by molar-refractivity contribution is 6.29. The first-order valence-electron chi connectivity index (χ1n) is 12.9. The second-order valence-electron chi connectivity index (χ2n) is 9.99. The van der Waals surface area contributed by atoms with Gasteiger partial charge in [-0.3, -0.25) is 4.79 Å². The average Bonchev–Trinajstić information content (AvgIpc) is 3.23. The lowest BCUT2D eigenvalue weighted by atomic mass is 9.70. The third kappa shape index (κ3) is 8.07. The Balaban J connectivity index is 2.36. The maximum absolute atomic E-state index is 13.9. The summed E-state index contributed by atoms with van der Waals surface area (Å²) in [5.41, 5.74) is -0.651. The summed E-state index contributed by atoms with van der Waals surface area (Å²) >= 11 is 5.96. The van der Waals surface area contributed by atoms with Gasteiger partial charge in [-0.25, -0.2) is 4.79 Å². The Labute approximate surface area is 222 Å². The van der Waals surface area contributed by atoms with E-state index in [1.165, 1.54) is 12.2 Å². The van der Waals surface area contributed by atoms with E-state index >= 15 is 0 Å². The van der Waals surface area contributed by atoms with Crippen LogP contribution in [0.5, 0.6) is 0 Å². The van der Waals surface area contributed by atoms with Crippen LogP contribution < -0.4 is 0 Å². The minimum Gasteiger partial charge on any atom is -0.463 e. The van der Waals surface area contributed by atoms with Crippen LogP contribution in [-0.4, -0.2) is 64.1 Å². The van der Waals surface area contributed by atoms with E-state index in [1.54, 1.807) is 26.0 Å². The molecule has 1 saturated heterocycles. The molecule has 1 aliphatic heterocycles. The van der Waals surface area contributed by atoms with Crippen LogP contribution in [0.1, 0.15) is 72.1 Å². The summed E-state index contributed by atoms with van der Waals surface area (Å²) in [4.78, 5) is 26.0. The van der Waals surface area contributed by atoms with Crippen molar-refractivity contribution < 1.29 is 37.7 Å². The second-order valence-corrected chi connectivity index (χ2v) is 10.5. The van der Waals surface area contributed by atoms with Gasteiger partial charge in [0.25, 0.3) is 0 Å². The Kier molecular flexibility index (Phi) is 11.7. The first-order chi connectivity index (χ1) is 17.4. The van der Waals surface area contributed by atoms with Gasteiger partial charge in [0.05, 0.1) is 12.7 Å². The summed E-state index contributed by atoms with van der Waals surface area (Å²) in [7, 11) is 0. The van der Waals surface area contributed by atoms with Crippen molar-refractivity contribution in [3.05, 3.63) is 34.9 Å². The molecule has 10 heteroatoms. The molecule has 6 nitrogen and oxygen atoms in total. The van der Waals surface area contributed by atoms with E-state index in [9.17, 15) is 27.9 Å². The predicted octanol–water partition coefficient (Wildman–Crippen LogP) is 5.43. The van der Waals surface area contributed by atoms with Crippen LogP contribution in [0.25, 0.3) is 0 Å². The number of aliphatic hydroxyl groups excluding tert-OH is 2. The van der Waals surface area contributed by atoms with Crippen molar-refractivity contribution in [1.82, 2.24) is 4.90 Å². The van der Waals surface area contributed by atoms with Gasteiger partial charge in [0, 0.05) is 35.2 Å². The monoisotopic (exact) mass is 549 g/mol. The molecule has 0 bridgehead atoms. The number of hydrogen-bond acceptors (Lipinski definition) is 5. The Bertz CT molecular complexity index is 888. The van der Waals surface area contributed by atoms with Crippen LogP contribution in [0.15, 0.2) is 34.9 Å². The third-order valence-electron chi connectivity index (χ3n) is 7.51. The normalized spacial score (nSPS) is 27.1. The third-order valence-corrected chi connectivity index (χ3v) is 7.83. The lowest BCUT2D eigenvalue weighted by Crippen LogP contribution is -2.64. The topological polar surface area (TPSA) is 87.1 Å². The van der Waals surface area contributed by atoms with Gasteiger partial charge in [-0.1, -0.05) is 43.2 Å². The zero-order valence-electron chi connectivity index (χ0n) is 21.8. The molecule has 2 N–H and O–H groups in total. The number of halogens is 4. The number of carbonyl (C=O) groups excluding carboxylic acids is 2. The molecule has 37 heavy (non-hydrogen) atoms. The maximum Gasteiger partial charge on any atom is 0.471 e. The van der Waals surface area contributed by atoms with Crippen molar-refractivity contribution in [2.24, 2.45) is 11.8 Å². The van der Waals surface area contributed by atoms with E-state index < -0.39 is 35.7 Å². The van der Waals surface area contributed by atoms with Gasteiger partial charge >= 0.3 is 18.1 Å². The highest BCUT2D eigenvalue weighted by Crippen LogP contribution is 2.52. The molecule has 0 aromatic carbocycles. The Morgan fingerprint density at radius 3 is 2.46 bits per heavy atom. The fourth-order valence-electron chi connectivity index (χ4n) is 5.92. The molecule has 210 valence electrons. The SMILES string of the molecule is CCOC(=O)/C(C)=C/C[C@H]1CCC[C@]2(CCC[C@@H]2[C@@H](C)/C=C/C(O)/C=C(\Cl)CCO)N1C(=O)C(F)(F)F. The summed E-state index contributed by atoms with van der Waals surface area (Å²) in [5, 5.41) is 19.5. The number of piperidine rings is 1. The number of aliphatic hydroxyl groups is 2. The van der Waals surface area contributed by atoms with Gasteiger partial charge in [-0.2, -0.15) is 13.2 Å². The van der Waals surface area contributed by atoms with Crippen molar-refractivity contribution in [2.75, 3.05) is 13.2 Å². The highest BCUT2D eigenvalue weighted by atomic mass is 35.5. The molecule has 2 fully saturated rings. The lowest BCUT2D eigenvalue weighted by molar-refractivity contribution is -0.201. The summed E-state index contributed by atoms with van der Waals surface area (Å²) in [6.45, 7) is 5.18. The van der Waals surface area contributed by atoms with Crippen molar-refractivity contribution in [2.45, 2.75) is 96.0 Å². The van der Waals surface area contributed by atoms with E-state index in [0.29, 0.717) is 49.1 Å². The quantitative estimate of drug-likeness (QED) is 0.216. The summed E-state index contributed by atoms with van der Waals surface area (Å²) < 4.78 is 46.6. The summed E-state index contributed by atoms with van der Waals surface area (Å²) in [5.74, 6) is -2.79. The largest absolute Gasteiger partial charge is 0.471 e. The molecule has 1 unspecified atom stereocenters. The first-order valence-corrected chi connectivity index (χ1v) is 13.3. The van der Waals surface area contributed by atoms with Gasteiger partial charge in [-0.05, 0) is 70.3 Å². The highest BCUT2D eigenvalue weighted by Gasteiger charge is 2.58. The van der Waals surface area contributed by atoms with Gasteiger partial charge < -0.3 is 19.8 Å². The summed E-state index contributed by atoms with van der Waals surface area (Å²) in [6.07, 6.45) is 4.02. The first kappa shape index (κ1) is 31.4. The van der Waals surface area contributed by atoms with Crippen LogP contribution in [-0.2, 0) is 14.3 Å². The van der Waals surface area contributed by atoms with E-state index in [4.69, 9.17) is 21.4 Å². The van der Waals surface area contributed by atoms with E-state index in [2.05, 4.69) is 0 Å². The molecule has 1 amide bonds. The second kappa shape index (κ2) is 13.8. The Morgan fingerprint density at radius 2 is 1.86 bits per heavy atom. The molecule has 0 aromatic heterocycles. The zero-order valence-corrected chi connectivity index (χ0v) is 22.5. The number of esters is 1. The number of ether oxygens (including phenoxy) is 1. The molecule has 1 saturated carbocycles. The fraction of sp³-hybridized carbons (Fsp3) is 0.704. The number of nitrogens with zero attached hydrogens (tertiary/aromatic N) is 1. The summed E-state index contributed by atoms with van der Waals surface area (Å²) in [6, 6.07) is -0.685. The van der Waals surface area contributed by atoms with E-state index in [1.807, 2.05) is 6.92 Å². The smallest absolute Gasteiger partial charge is 0.463 e. The van der Waals surface area contributed by atoms with Crippen molar-refractivity contribution in [1.29, 1.82) is 0 Å². The molecule has 1 heterocycles. The molecule has 1 spiro atoms. The molecule has 0 aromatic rings. The van der Waals surface area contributed by atoms with Crippen LogP contribution in [0.3, 0.4) is 0 Å². The number of carbonyl (C=O) groups is 2. The van der Waals surface area contributed by atoms with Gasteiger partial charge in [0.1, 0.15) is 0 Å². The number of rotatable bonds is 10. The Morgan fingerprint density at radius 1 is 1.22 bits per heavy atom. The van der Waals surface area contributed by atoms with Crippen LogP contribution in [0.2, 0.25) is 0 Å². The fourth-order valence-corrected chi connectivity index (χ4v) is 6.14. The minimum absolute atomic E-state index is 0.137. The zero-order chi connectivity index (χ0) is 27.8. The van der Waals surface area contributed by atoms with E-state index in [0.717, 1.165) is 4.90 Å². The van der Waals surface area contributed by atoms with Gasteiger partial charge in [0.15, 0.2) is 0 Å². The Hall–Kier alpha value is -1.84. The van der Waals surface area contributed by atoms with Crippen molar-refractivity contribution >= 4 is 23.5 Å². The van der Waals surface area contributed by atoms with Gasteiger partial charge in [-0.15, -0.1) is 0 Å². The molecule has 2 rings (SSSR count). The number of allylic oxidation sites excluding steroid dienone is 1. The lowest BCUT2D eigenvalue weighted by Gasteiger charge is -2.54. The number of likely N-dealkylation sites (tertiary alicyclic amines) is 1. The number of hydrogen-bond donors (Lipinski definition) is 2. The van der Waals surface area contributed by atoms with Crippen LogP contribution in [0, 0.1) is 11.8 Å². The van der Waals surface area contributed by atoms with E-state index in [-0.39, 0.29) is 37.9 Å². The molecule has 1 aliphatic carbocycles. The van der Waals surface area contributed by atoms with Crippen LogP contribution in [0.4, 0.5) is 13.2 Å². The van der Waals surface area contributed by atoms with Crippen LogP contribution >= 0.6 is 11.6 Å². The van der Waals surface area contributed by atoms with Gasteiger partial charge in [0.2, 0.25) is 0 Å². The molecular weight excluding hydrogens is 511 g/mol.